The van der Waals surface area contributed by atoms with E-state index in [-0.39, 0.29) is 18.1 Å². The van der Waals surface area contributed by atoms with Gasteiger partial charge in [-0.3, -0.25) is 4.79 Å². The number of halogens is 1. The van der Waals surface area contributed by atoms with E-state index >= 15 is 0 Å². The lowest BCUT2D eigenvalue weighted by molar-refractivity contribution is -0.116. The number of nitrogens with zero attached hydrogens (tertiary/aromatic N) is 1. The van der Waals surface area contributed by atoms with Gasteiger partial charge in [-0.1, -0.05) is 12.1 Å². The minimum atomic E-state index is -0.297. The van der Waals surface area contributed by atoms with Crippen LogP contribution in [0.25, 0.3) is 11.3 Å². The van der Waals surface area contributed by atoms with Gasteiger partial charge in [0.25, 0.3) is 0 Å². The van der Waals surface area contributed by atoms with Crippen molar-refractivity contribution < 1.29 is 13.6 Å². The van der Waals surface area contributed by atoms with Gasteiger partial charge in [0, 0.05) is 35.6 Å². The highest BCUT2D eigenvalue weighted by Crippen LogP contribution is 2.45. The van der Waals surface area contributed by atoms with E-state index in [4.69, 9.17) is 4.42 Å². The van der Waals surface area contributed by atoms with E-state index < -0.39 is 0 Å². The first-order chi connectivity index (χ1) is 13.7. The number of benzene rings is 2. The minimum absolute atomic E-state index is 0.0783. The van der Waals surface area contributed by atoms with Crippen molar-refractivity contribution in [3.05, 3.63) is 72.0 Å². The first-order valence-electron chi connectivity index (χ1n) is 9.01. The SMILES string of the molecule is O=C(CCc1ncc(-c2ccc(F)cc2)o1)Nc1cccc(C2SCCS2)c1. The van der Waals surface area contributed by atoms with Crippen molar-refractivity contribution in [3.8, 4) is 11.3 Å². The van der Waals surface area contributed by atoms with Gasteiger partial charge in [0.2, 0.25) is 5.91 Å². The molecule has 1 N–H and O–H groups in total. The molecule has 1 aliphatic rings. The van der Waals surface area contributed by atoms with Gasteiger partial charge in [0.15, 0.2) is 11.7 Å². The van der Waals surface area contributed by atoms with E-state index in [1.54, 1.807) is 18.3 Å². The number of aromatic nitrogens is 1. The van der Waals surface area contributed by atoms with Gasteiger partial charge in [-0.15, -0.1) is 23.5 Å². The lowest BCUT2D eigenvalue weighted by Crippen LogP contribution is -2.12. The van der Waals surface area contributed by atoms with Gasteiger partial charge < -0.3 is 9.73 Å². The van der Waals surface area contributed by atoms with Crippen LogP contribution in [0.15, 0.2) is 59.1 Å². The third-order valence-corrected chi connectivity index (χ3v) is 7.42. The Hall–Kier alpha value is -2.25. The number of anilines is 1. The Kier molecular flexibility index (Phi) is 6.02. The highest BCUT2D eigenvalue weighted by molar-refractivity contribution is 8.19. The lowest BCUT2D eigenvalue weighted by Gasteiger charge is -2.11. The molecule has 0 atom stereocenters. The number of carbonyl (C=O) groups excluding carboxylic acids is 1. The van der Waals surface area contributed by atoms with Crippen molar-refractivity contribution >= 4 is 35.1 Å². The summed E-state index contributed by atoms with van der Waals surface area (Å²) in [6.07, 6.45) is 2.28. The second-order valence-corrected chi connectivity index (χ2v) is 9.10. The Bertz CT molecular complexity index is 953. The first-order valence-corrected chi connectivity index (χ1v) is 11.1. The van der Waals surface area contributed by atoms with E-state index in [1.165, 1.54) is 29.2 Å². The van der Waals surface area contributed by atoms with Crippen LogP contribution in [0.4, 0.5) is 10.1 Å². The van der Waals surface area contributed by atoms with E-state index in [9.17, 15) is 9.18 Å². The summed E-state index contributed by atoms with van der Waals surface area (Å²) >= 11 is 3.88. The molecule has 144 valence electrons. The van der Waals surface area contributed by atoms with E-state index in [0.717, 1.165) is 11.3 Å². The van der Waals surface area contributed by atoms with Crippen LogP contribution in [0.2, 0.25) is 0 Å². The smallest absolute Gasteiger partial charge is 0.224 e. The fourth-order valence-corrected chi connectivity index (χ4v) is 5.77. The molecule has 1 aliphatic heterocycles. The summed E-state index contributed by atoms with van der Waals surface area (Å²) in [5.41, 5.74) is 2.81. The molecule has 3 aromatic rings. The number of carbonyl (C=O) groups is 1. The van der Waals surface area contributed by atoms with E-state index in [0.29, 0.717) is 22.7 Å². The largest absolute Gasteiger partial charge is 0.441 e. The molecule has 4 nitrogen and oxygen atoms in total. The number of hydrogen-bond donors (Lipinski definition) is 1. The summed E-state index contributed by atoms with van der Waals surface area (Å²) in [5.74, 6) is 3.01. The number of hydrogen-bond acceptors (Lipinski definition) is 5. The van der Waals surface area contributed by atoms with Crippen molar-refractivity contribution in [3.63, 3.8) is 0 Å². The number of amides is 1. The van der Waals surface area contributed by atoms with Crippen LogP contribution in [-0.4, -0.2) is 22.4 Å². The van der Waals surface area contributed by atoms with Crippen LogP contribution >= 0.6 is 23.5 Å². The van der Waals surface area contributed by atoms with Crippen LogP contribution in [0.3, 0.4) is 0 Å². The zero-order chi connectivity index (χ0) is 19.3. The summed E-state index contributed by atoms with van der Waals surface area (Å²) in [5, 5.41) is 2.95. The molecule has 1 aromatic heterocycles. The third-order valence-electron chi connectivity index (χ3n) is 4.31. The highest BCUT2D eigenvalue weighted by atomic mass is 32.2. The molecule has 1 fully saturated rings. The average molecular weight is 415 g/mol. The monoisotopic (exact) mass is 414 g/mol. The molecule has 0 bridgehead atoms. The predicted octanol–water partition coefficient (Wildman–Crippen LogP) is 5.53. The predicted molar refractivity (Wildman–Crippen MR) is 113 cm³/mol. The number of aryl methyl sites for hydroxylation is 1. The van der Waals surface area contributed by atoms with Gasteiger partial charge >= 0.3 is 0 Å². The Morgan fingerprint density at radius 2 is 1.96 bits per heavy atom. The number of oxazole rings is 1. The number of nitrogens with one attached hydrogen (secondary N) is 1. The van der Waals surface area contributed by atoms with Crippen molar-refractivity contribution in [1.82, 2.24) is 4.98 Å². The average Bonchev–Trinajstić information content (AvgIpc) is 3.40. The van der Waals surface area contributed by atoms with Gasteiger partial charge in [-0.2, -0.15) is 0 Å². The Morgan fingerprint density at radius 3 is 2.75 bits per heavy atom. The van der Waals surface area contributed by atoms with Gasteiger partial charge in [0.1, 0.15) is 5.82 Å². The van der Waals surface area contributed by atoms with Crippen LogP contribution < -0.4 is 5.32 Å². The molecule has 2 aromatic carbocycles. The van der Waals surface area contributed by atoms with Crippen LogP contribution in [0, 0.1) is 5.82 Å². The van der Waals surface area contributed by atoms with Crippen molar-refractivity contribution in [1.29, 1.82) is 0 Å². The Balaban J connectivity index is 1.32. The van der Waals surface area contributed by atoms with Gasteiger partial charge in [0.05, 0.1) is 10.8 Å². The molecule has 0 spiro atoms. The number of thioether (sulfide) groups is 2. The zero-order valence-corrected chi connectivity index (χ0v) is 16.7. The first kappa shape index (κ1) is 19.1. The van der Waals surface area contributed by atoms with E-state index in [2.05, 4.69) is 16.4 Å². The van der Waals surface area contributed by atoms with Gasteiger partial charge in [-0.25, -0.2) is 9.37 Å². The van der Waals surface area contributed by atoms with Gasteiger partial charge in [-0.05, 0) is 42.0 Å². The Morgan fingerprint density at radius 1 is 1.18 bits per heavy atom. The topological polar surface area (TPSA) is 55.1 Å². The molecule has 0 saturated carbocycles. The molecule has 0 unspecified atom stereocenters. The molecule has 7 heteroatoms. The zero-order valence-electron chi connectivity index (χ0n) is 15.1. The van der Waals surface area contributed by atoms with Crippen molar-refractivity contribution in [2.24, 2.45) is 0 Å². The number of rotatable bonds is 6. The molecule has 0 aliphatic carbocycles. The summed E-state index contributed by atoms with van der Waals surface area (Å²) in [6.45, 7) is 0. The molecule has 2 heterocycles. The van der Waals surface area contributed by atoms with Crippen molar-refractivity contribution in [2.75, 3.05) is 16.8 Å². The molecule has 4 rings (SSSR count). The molecule has 1 saturated heterocycles. The normalized spacial score (nSPS) is 14.3. The van der Waals surface area contributed by atoms with Crippen LogP contribution in [0.1, 0.15) is 22.5 Å². The summed E-state index contributed by atoms with van der Waals surface area (Å²) in [4.78, 5) is 16.5. The maximum Gasteiger partial charge on any atom is 0.224 e. The fourth-order valence-electron chi connectivity index (χ4n) is 2.93. The summed E-state index contributed by atoms with van der Waals surface area (Å²) in [7, 11) is 0. The maximum atomic E-state index is 13.0. The fraction of sp³-hybridized carbons (Fsp3) is 0.238. The Labute approximate surface area is 171 Å². The molecular weight excluding hydrogens is 395 g/mol. The van der Waals surface area contributed by atoms with Crippen molar-refractivity contribution in [2.45, 2.75) is 17.4 Å². The third kappa shape index (κ3) is 4.77. The molecular formula is C21H19FN2O2S2. The summed E-state index contributed by atoms with van der Waals surface area (Å²) in [6, 6.07) is 14.1. The lowest BCUT2D eigenvalue weighted by atomic mass is 10.2. The molecule has 1 amide bonds. The molecule has 28 heavy (non-hydrogen) atoms. The highest BCUT2D eigenvalue weighted by Gasteiger charge is 2.18. The second kappa shape index (κ2) is 8.84. The quantitative estimate of drug-likeness (QED) is 0.575. The molecule has 0 radical (unpaired) electrons. The van der Waals surface area contributed by atoms with E-state index in [1.807, 2.05) is 41.7 Å². The van der Waals surface area contributed by atoms with Crippen LogP contribution in [0.5, 0.6) is 0 Å². The minimum Gasteiger partial charge on any atom is -0.441 e. The second-order valence-electron chi connectivity index (χ2n) is 6.37. The maximum absolute atomic E-state index is 13.0. The standard InChI is InChI=1S/C21H19FN2O2S2/c22-16-6-4-14(5-7-16)18-13-23-20(26-18)9-8-19(25)24-17-3-1-2-15(12-17)21-27-10-11-28-21/h1-7,12-13,21H,8-11H2,(H,24,25). The van der Waals surface area contributed by atoms with Crippen LogP contribution in [-0.2, 0) is 11.2 Å². The summed E-state index contributed by atoms with van der Waals surface area (Å²) < 4.78 is 19.1.